The molecule has 1 aromatic rings. The number of benzene rings is 1. The van der Waals surface area contributed by atoms with Crippen LogP contribution in [0.25, 0.3) is 0 Å². The summed E-state index contributed by atoms with van der Waals surface area (Å²) in [6.45, 7) is 2.67. The largest absolute Gasteiger partial charge is 0.304 e. The molecule has 2 N–H and O–H groups in total. The molecule has 17 heavy (non-hydrogen) atoms. The summed E-state index contributed by atoms with van der Waals surface area (Å²) in [6, 6.07) is 7.33. The van der Waals surface area contributed by atoms with Gasteiger partial charge in [0.15, 0.2) is 0 Å². The highest BCUT2D eigenvalue weighted by Crippen LogP contribution is 2.18. The third-order valence-corrected chi connectivity index (χ3v) is 3.69. The summed E-state index contributed by atoms with van der Waals surface area (Å²) in [5.41, 5.74) is 1.73. The van der Waals surface area contributed by atoms with Crippen LogP contribution in [0.2, 0.25) is 0 Å². The number of hydrogen-bond acceptors (Lipinski definition) is 4. The molecule has 0 heterocycles. The molecular formula is C11H18N2O3S. The predicted molar refractivity (Wildman–Crippen MR) is 68.1 cm³/mol. The van der Waals surface area contributed by atoms with Crippen LogP contribution in [0, 0.1) is 0 Å². The molecule has 0 spiro atoms. The number of rotatable bonds is 6. The molecule has 0 aliphatic heterocycles. The van der Waals surface area contributed by atoms with Gasteiger partial charge in [0, 0.05) is 6.54 Å². The second kappa shape index (κ2) is 6.00. The van der Waals surface area contributed by atoms with Crippen LogP contribution in [-0.2, 0) is 21.3 Å². The van der Waals surface area contributed by atoms with Gasteiger partial charge in [0.05, 0.1) is 18.6 Å². The lowest BCUT2D eigenvalue weighted by molar-refractivity contribution is 0.141. The lowest BCUT2D eigenvalue weighted by Crippen LogP contribution is -2.29. The first-order valence-electron chi connectivity index (χ1n) is 5.37. The first kappa shape index (κ1) is 14.0. The highest BCUT2D eigenvalue weighted by atomic mass is 32.2. The Morgan fingerprint density at radius 3 is 2.29 bits per heavy atom. The van der Waals surface area contributed by atoms with E-state index < -0.39 is 10.0 Å². The Hall–Kier alpha value is -1.11. The predicted octanol–water partition coefficient (Wildman–Crippen LogP) is 0.905. The van der Waals surface area contributed by atoms with Gasteiger partial charge < -0.3 is 4.84 Å². The Morgan fingerprint density at radius 1 is 1.29 bits per heavy atom. The van der Waals surface area contributed by atoms with Crippen molar-refractivity contribution in [3.05, 3.63) is 29.8 Å². The minimum atomic E-state index is -3.21. The second-order valence-electron chi connectivity index (χ2n) is 3.71. The molecule has 0 aliphatic rings. The Bertz CT molecular complexity index is 442. The Kier molecular flexibility index (Phi) is 4.92. The van der Waals surface area contributed by atoms with Crippen LogP contribution >= 0.6 is 0 Å². The third-order valence-electron chi connectivity index (χ3n) is 2.42. The van der Waals surface area contributed by atoms with E-state index in [9.17, 15) is 8.42 Å². The molecular weight excluding hydrogens is 240 g/mol. The second-order valence-corrected chi connectivity index (χ2v) is 5.62. The molecule has 0 aliphatic carbocycles. The number of anilines is 1. The van der Waals surface area contributed by atoms with Crippen molar-refractivity contribution in [1.29, 1.82) is 0 Å². The van der Waals surface area contributed by atoms with E-state index in [-0.39, 0.29) is 0 Å². The molecule has 0 fully saturated rings. The van der Waals surface area contributed by atoms with E-state index in [0.717, 1.165) is 5.56 Å². The van der Waals surface area contributed by atoms with E-state index in [1.807, 2.05) is 12.1 Å². The van der Waals surface area contributed by atoms with Crippen molar-refractivity contribution >= 4 is 15.7 Å². The maximum Gasteiger partial charge on any atom is 0.232 e. The fraction of sp³-hybridized carbons (Fsp3) is 0.455. The summed E-state index contributed by atoms with van der Waals surface area (Å²) in [6.07, 6.45) is 1.91. The van der Waals surface area contributed by atoms with Crippen molar-refractivity contribution in [1.82, 2.24) is 0 Å². The van der Waals surface area contributed by atoms with Crippen molar-refractivity contribution < 1.29 is 13.3 Å². The smallest absolute Gasteiger partial charge is 0.232 e. The van der Waals surface area contributed by atoms with E-state index in [1.54, 1.807) is 19.1 Å². The van der Waals surface area contributed by atoms with E-state index in [1.165, 1.54) is 10.6 Å². The van der Waals surface area contributed by atoms with E-state index >= 15 is 0 Å². The Morgan fingerprint density at radius 2 is 1.88 bits per heavy atom. The van der Waals surface area contributed by atoms with Gasteiger partial charge in [-0.25, -0.2) is 14.3 Å². The molecule has 96 valence electrons. The molecule has 0 saturated heterocycles. The number of sulfonamides is 1. The van der Waals surface area contributed by atoms with Gasteiger partial charge in [-0.05, 0) is 31.0 Å². The highest BCUT2D eigenvalue weighted by molar-refractivity contribution is 7.92. The summed E-state index contributed by atoms with van der Waals surface area (Å²) in [4.78, 5) is 4.49. The van der Waals surface area contributed by atoms with Gasteiger partial charge in [-0.3, -0.25) is 4.31 Å². The van der Waals surface area contributed by atoms with Gasteiger partial charge in [-0.15, -0.1) is 0 Å². The minimum Gasteiger partial charge on any atom is -0.304 e. The normalized spacial score (nSPS) is 11.5. The van der Waals surface area contributed by atoms with Crippen LogP contribution in [0.3, 0.4) is 0 Å². The van der Waals surface area contributed by atoms with Crippen molar-refractivity contribution in [3.63, 3.8) is 0 Å². The SMILES string of the molecule is CCN(c1ccc(CCON)cc1)S(C)(=O)=O. The molecule has 6 heteroatoms. The summed E-state index contributed by atoms with van der Waals surface area (Å²) in [7, 11) is -3.21. The average Bonchev–Trinajstić information content (AvgIpc) is 2.27. The first-order valence-corrected chi connectivity index (χ1v) is 7.22. The molecule has 1 aromatic carbocycles. The topological polar surface area (TPSA) is 72.6 Å². The van der Waals surface area contributed by atoms with Crippen LogP contribution < -0.4 is 10.2 Å². The molecule has 0 bridgehead atoms. The number of nitrogens with two attached hydrogens (primary N) is 1. The molecule has 0 unspecified atom stereocenters. The molecule has 5 nitrogen and oxygen atoms in total. The Labute approximate surface area is 102 Å². The van der Waals surface area contributed by atoms with Gasteiger partial charge in [0.1, 0.15) is 0 Å². The molecule has 0 radical (unpaired) electrons. The van der Waals surface area contributed by atoms with Gasteiger partial charge in [0.25, 0.3) is 0 Å². The van der Waals surface area contributed by atoms with E-state index in [0.29, 0.717) is 25.3 Å². The van der Waals surface area contributed by atoms with Gasteiger partial charge >= 0.3 is 0 Å². The minimum absolute atomic E-state index is 0.421. The summed E-state index contributed by atoms with van der Waals surface area (Å²) >= 11 is 0. The van der Waals surface area contributed by atoms with Gasteiger partial charge in [0.2, 0.25) is 10.0 Å². The fourth-order valence-electron chi connectivity index (χ4n) is 1.61. The first-order chi connectivity index (χ1) is 7.99. The van der Waals surface area contributed by atoms with Crippen molar-refractivity contribution in [3.8, 4) is 0 Å². The van der Waals surface area contributed by atoms with E-state index in [2.05, 4.69) is 4.84 Å². The molecule has 0 saturated carbocycles. The van der Waals surface area contributed by atoms with Crippen LogP contribution in [0.5, 0.6) is 0 Å². The van der Waals surface area contributed by atoms with Gasteiger partial charge in [-0.2, -0.15) is 0 Å². The molecule has 0 amide bonds. The summed E-state index contributed by atoms with van der Waals surface area (Å²) < 4.78 is 24.4. The third kappa shape index (κ3) is 3.99. The number of nitrogens with zero attached hydrogens (tertiary/aromatic N) is 1. The maximum atomic E-state index is 11.5. The van der Waals surface area contributed by atoms with Gasteiger partial charge in [-0.1, -0.05) is 12.1 Å². The molecule has 0 aromatic heterocycles. The average molecular weight is 258 g/mol. The number of hydrogen-bond donors (Lipinski definition) is 1. The summed E-state index contributed by atoms with van der Waals surface area (Å²) in [5.74, 6) is 4.95. The maximum absolute atomic E-state index is 11.5. The molecule has 1 rings (SSSR count). The van der Waals surface area contributed by atoms with Crippen molar-refractivity contribution in [2.24, 2.45) is 5.90 Å². The van der Waals surface area contributed by atoms with Crippen LogP contribution in [0.15, 0.2) is 24.3 Å². The zero-order valence-corrected chi connectivity index (χ0v) is 10.9. The lowest BCUT2D eigenvalue weighted by atomic mass is 10.1. The lowest BCUT2D eigenvalue weighted by Gasteiger charge is -2.20. The standard InChI is InChI=1S/C11H18N2O3S/c1-3-13(17(2,14)15)11-6-4-10(5-7-11)8-9-16-12/h4-7H,3,8-9,12H2,1-2H3. The van der Waals surface area contributed by atoms with E-state index in [4.69, 9.17) is 5.90 Å². The quantitative estimate of drug-likeness (QED) is 0.770. The Balaban J connectivity index is 2.86. The molecule has 0 atom stereocenters. The monoisotopic (exact) mass is 258 g/mol. The zero-order chi connectivity index (χ0) is 12.9. The summed E-state index contributed by atoms with van der Waals surface area (Å²) in [5, 5.41) is 0. The van der Waals surface area contributed by atoms with Crippen molar-refractivity contribution in [2.45, 2.75) is 13.3 Å². The fourth-order valence-corrected chi connectivity index (χ4v) is 2.59. The van der Waals surface area contributed by atoms with Crippen LogP contribution in [-0.4, -0.2) is 27.8 Å². The van der Waals surface area contributed by atoms with Crippen LogP contribution in [0.1, 0.15) is 12.5 Å². The van der Waals surface area contributed by atoms with Crippen LogP contribution in [0.4, 0.5) is 5.69 Å². The highest BCUT2D eigenvalue weighted by Gasteiger charge is 2.14. The van der Waals surface area contributed by atoms with Crippen molar-refractivity contribution in [2.75, 3.05) is 23.7 Å². The zero-order valence-electron chi connectivity index (χ0n) is 10.1.